The van der Waals surface area contributed by atoms with Crippen molar-refractivity contribution in [1.82, 2.24) is 5.32 Å². The number of nitrogens with zero attached hydrogens (tertiary/aromatic N) is 1. The highest BCUT2D eigenvalue weighted by Gasteiger charge is 2.24. The number of fused-ring (bicyclic) bond motifs is 1. The Morgan fingerprint density at radius 3 is 2.92 bits per heavy atom. The lowest BCUT2D eigenvalue weighted by molar-refractivity contribution is -0.123. The van der Waals surface area contributed by atoms with Gasteiger partial charge in [0.05, 0.1) is 0 Å². The maximum atomic E-state index is 12.3. The van der Waals surface area contributed by atoms with Crippen LogP contribution in [0.25, 0.3) is 0 Å². The van der Waals surface area contributed by atoms with Gasteiger partial charge in [-0.25, -0.2) is 0 Å². The van der Waals surface area contributed by atoms with E-state index in [1.807, 2.05) is 24.3 Å². The molecule has 0 spiro atoms. The summed E-state index contributed by atoms with van der Waals surface area (Å²) in [5.41, 5.74) is 2.02. The van der Waals surface area contributed by atoms with Crippen LogP contribution in [0.1, 0.15) is 37.7 Å². The van der Waals surface area contributed by atoms with E-state index < -0.39 is 0 Å². The standard InChI is InChI=1S/C19H26N2O3/c22-18(20-11-4-12-24-14-15-9-10-15)13-21-17-7-2-1-5-16(17)6-3-8-19(21)23/h1-2,5,7,15H,3-4,6,8-14H2,(H,20,22). The fourth-order valence-corrected chi connectivity index (χ4v) is 2.99. The van der Waals surface area contributed by atoms with Gasteiger partial charge in [-0.3, -0.25) is 9.59 Å². The molecule has 1 fully saturated rings. The number of benzene rings is 1. The minimum absolute atomic E-state index is 0.0304. The Hall–Kier alpha value is -1.88. The molecule has 5 nitrogen and oxygen atoms in total. The first kappa shape index (κ1) is 17.0. The maximum absolute atomic E-state index is 12.3. The van der Waals surface area contributed by atoms with E-state index in [9.17, 15) is 9.59 Å². The molecule has 130 valence electrons. The zero-order valence-corrected chi connectivity index (χ0v) is 14.1. The van der Waals surface area contributed by atoms with Crippen LogP contribution in [0.4, 0.5) is 5.69 Å². The predicted molar refractivity (Wildman–Crippen MR) is 92.9 cm³/mol. The van der Waals surface area contributed by atoms with Crippen molar-refractivity contribution in [3.8, 4) is 0 Å². The van der Waals surface area contributed by atoms with Crippen LogP contribution < -0.4 is 10.2 Å². The van der Waals surface area contributed by atoms with E-state index in [2.05, 4.69) is 5.32 Å². The molecule has 5 heteroatoms. The molecule has 1 saturated carbocycles. The number of rotatable bonds is 8. The summed E-state index contributed by atoms with van der Waals surface area (Å²) < 4.78 is 5.55. The Kier molecular flexibility index (Phi) is 5.86. The van der Waals surface area contributed by atoms with Gasteiger partial charge in [0.1, 0.15) is 6.54 Å². The van der Waals surface area contributed by atoms with E-state index in [-0.39, 0.29) is 18.4 Å². The number of nitrogens with one attached hydrogen (secondary N) is 1. The predicted octanol–water partition coefficient (Wildman–Crippen LogP) is 2.29. The molecule has 24 heavy (non-hydrogen) atoms. The molecule has 1 aliphatic heterocycles. The van der Waals surface area contributed by atoms with E-state index in [1.165, 1.54) is 12.8 Å². The van der Waals surface area contributed by atoms with Crippen LogP contribution in [0.2, 0.25) is 0 Å². The number of para-hydroxylation sites is 1. The maximum Gasteiger partial charge on any atom is 0.240 e. The number of hydrogen-bond acceptors (Lipinski definition) is 3. The molecule has 1 N–H and O–H groups in total. The number of carbonyl (C=O) groups is 2. The number of anilines is 1. The van der Waals surface area contributed by atoms with Crippen molar-refractivity contribution in [2.45, 2.75) is 38.5 Å². The lowest BCUT2D eigenvalue weighted by Crippen LogP contribution is -2.41. The first-order valence-electron chi connectivity index (χ1n) is 8.97. The summed E-state index contributed by atoms with van der Waals surface area (Å²) >= 11 is 0. The van der Waals surface area contributed by atoms with Crippen LogP contribution in [0.3, 0.4) is 0 Å². The van der Waals surface area contributed by atoms with E-state index >= 15 is 0 Å². The van der Waals surface area contributed by atoms with Gasteiger partial charge in [0.2, 0.25) is 11.8 Å². The summed E-state index contributed by atoms with van der Waals surface area (Å²) in [6, 6.07) is 7.86. The molecule has 1 aromatic rings. The number of amides is 2. The van der Waals surface area contributed by atoms with Gasteiger partial charge in [-0.2, -0.15) is 0 Å². The second kappa shape index (κ2) is 8.29. The molecule has 0 radical (unpaired) electrons. The molecule has 0 aromatic heterocycles. The minimum atomic E-state index is -0.109. The van der Waals surface area contributed by atoms with Gasteiger partial charge < -0.3 is 15.0 Å². The van der Waals surface area contributed by atoms with Crippen LogP contribution in [-0.4, -0.2) is 38.1 Å². The fourth-order valence-electron chi connectivity index (χ4n) is 2.99. The van der Waals surface area contributed by atoms with Gasteiger partial charge in [-0.05, 0) is 49.7 Å². The molecule has 3 rings (SSSR count). The zero-order valence-electron chi connectivity index (χ0n) is 14.1. The average molecular weight is 330 g/mol. The van der Waals surface area contributed by atoms with E-state index in [4.69, 9.17) is 4.74 Å². The molecule has 1 heterocycles. The van der Waals surface area contributed by atoms with Crippen molar-refractivity contribution in [1.29, 1.82) is 0 Å². The summed E-state index contributed by atoms with van der Waals surface area (Å²) in [4.78, 5) is 26.1. The molecule has 0 saturated heterocycles. The SMILES string of the molecule is O=C(CN1C(=O)CCCc2ccccc21)NCCCOCC1CC1. The summed E-state index contributed by atoms with van der Waals surface area (Å²) in [6.45, 7) is 2.22. The summed E-state index contributed by atoms with van der Waals surface area (Å²) in [5.74, 6) is 0.693. The molecular weight excluding hydrogens is 304 g/mol. The number of carbonyl (C=O) groups excluding carboxylic acids is 2. The molecule has 2 amide bonds. The topological polar surface area (TPSA) is 58.6 Å². The zero-order chi connectivity index (χ0) is 16.8. The number of ether oxygens (including phenoxy) is 1. The van der Waals surface area contributed by atoms with Crippen LogP contribution in [0, 0.1) is 5.92 Å². The molecule has 0 atom stereocenters. The van der Waals surface area contributed by atoms with Crippen molar-refractivity contribution in [2.75, 3.05) is 31.2 Å². The summed E-state index contributed by atoms with van der Waals surface area (Å²) in [7, 11) is 0. The highest BCUT2D eigenvalue weighted by Crippen LogP contribution is 2.28. The Balaban J connectivity index is 1.44. The van der Waals surface area contributed by atoms with E-state index in [1.54, 1.807) is 4.90 Å². The van der Waals surface area contributed by atoms with E-state index in [0.29, 0.717) is 19.6 Å². The molecular formula is C19H26N2O3. The minimum Gasteiger partial charge on any atom is -0.381 e. The average Bonchev–Trinajstić information content (AvgIpc) is 3.41. The van der Waals surface area contributed by atoms with Gasteiger partial charge in [0, 0.05) is 31.9 Å². The van der Waals surface area contributed by atoms with Gasteiger partial charge in [-0.15, -0.1) is 0 Å². The molecule has 2 aliphatic rings. The normalized spacial score (nSPS) is 17.3. The summed E-state index contributed by atoms with van der Waals surface area (Å²) in [6.07, 6.45) is 5.62. The van der Waals surface area contributed by atoms with Gasteiger partial charge >= 0.3 is 0 Å². The second-order valence-corrected chi connectivity index (χ2v) is 6.68. The molecule has 1 aliphatic carbocycles. The Morgan fingerprint density at radius 1 is 1.25 bits per heavy atom. The Labute approximate surface area is 143 Å². The first-order valence-corrected chi connectivity index (χ1v) is 8.97. The lowest BCUT2D eigenvalue weighted by atomic mass is 10.1. The Bertz CT molecular complexity index is 584. The van der Waals surface area contributed by atoms with Crippen LogP contribution in [0.15, 0.2) is 24.3 Å². The van der Waals surface area contributed by atoms with Crippen LogP contribution in [-0.2, 0) is 20.7 Å². The Morgan fingerprint density at radius 2 is 2.08 bits per heavy atom. The lowest BCUT2D eigenvalue weighted by Gasteiger charge is -2.22. The summed E-state index contributed by atoms with van der Waals surface area (Å²) in [5, 5.41) is 2.89. The fraction of sp³-hybridized carbons (Fsp3) is 0.579. The quantitative estimate of drug-likeness (QED) is 0.744. The monoisotopic (exact) mass is 330 g/mol. The second-order valence-electron chi connectivity index (χ2n) is 6.68. The van der Waals surface area contributed by atoms with Crippen molar-refractivity contribution < 1.29 is 14.3 Å². The van der Waals surface area contributed by atoms with Gasteiger partial charge in [-0.1, -0.05) is 18.2 Å². The molecule has 1 aromatic carbocycles. The third-order valence-electron chi connectivity index (χ3n) is 4.56. The van der Waals surface area contributed by atoms with Crippen molar-refractivity contribution in [2.24, 2.45) is 5.92 Å². The van der Waals surface area contributed by atoms with E-state index in [0.717, 1.165) is 43.0 Å². The first-order chi connectivity index (χ1) is 11.7. The van der Waals surface area contributed by atoms with Crippen LogP contribution in [0.5, 0.6) is 0 Å². The number of hydrogen-bond donors (Lipinski definition) is 1. The highest BCUT2D eigenvalue weighted by molar-refractivity contribution is 5.99. The largest absolute Gasteiger partial charge is 0.381 e. The van der Waals surface area contributed by atoms with Crippen LogP contribution >= 0.6 is 0 Å². The van der Waals surface area contributed by atoms with Crippen molar-refractivity contribution in [3.05, 3.63) is 29.8 Å². The molecule has 0 bridgehead atoms. The smallest absolute Gasteiger partial charge is 0.240 e. The molecule has 0 unspecified atom stereocenters. The third-order valence-corrected chi connectivity index (χ3v) is 4.56. The van der Waals surface area contributed by atoms with Gasteiger partial charge in [0.15, 0.2) is 0 Å². The third kappa shape index (κ3) is 4.81. The highest BCUT2D eigenvalue weighted by atomic mass is 16.5. The van der Waals surface area contributed by atoms with Crippen molar-refractivity contribution in [3.63, 3.8) is 0 Å². The van der Waals surface area contributed by atoms with Gasteiger partial charge in [0.25, 0.3) is 0 Å². The number of aryl methyl sites for hydroxylation is 1. The van der Waals surface area contributed by atoms with Crippen molar-refractivity contribution >= 4 is 17.5 Å².